The highest BCUT2D eigenvalue weighted by Crippen LogP contribution is 2.02. The number of hydrogen-bond donors (Lipinski definition) is 1. The highest BCUT2D eigenvalue weighted by molar-refractivity contribution is 5.64. The minimum atomic E-state index is 0.293. The Balaban J connectivity index is 3.47. The van der Waals surface area contributed by atoms with Crippen molar-refractivity contribution in [3.8, 4) is 0 Å². The summed E-state index contributed by atoms with van der Waals surface area (Å²) in [5.74, 6) is 0.293. The molecular formula is C8H12O2. The van der Waals surface area contributed by atoms with Crippen LogP contribution < -0.4 is 0 Å². The molecule has 2 heteroatoms. The van der Waals surface area contributed by atoms with E-state index in [2.05, 4.69) is 0 Å². The lowest BCUT2D eigenvalue weighted by atomic mass is 10.1. The smallest absolute Gasteiger partial charge is 0.142 e. The van der Waals surface area contributed by atoms with Crippen LogP contribution in [0.2, 0.25) is 0 Å². The molecule has 1 unspecified atom stereocenters. The molecule has 10 heavy (non-hydrogen) atoms. The molecule has 0 heterocycles. The van der Waals surface area contributed by atoms with Gasteiger partial charge < -0.3 is 5.11 Å². The Kier molecular flexibility index (Phi) is 5.44. The molecule has 0 aliphatic carbocycles. The largest absolute Gasteiger partial charge is 0.516 e. The Morgan fingerprint density at radius 1 is 1.60 bits per heavy atom. The first-order chi connectivity index (χ1) is 4.81. The normalized spacial score (nSPS) is 14.5. The number of carbonyl (C=O) groups is 1. The summed E-state index contributed by atoms with van der Waals surface area (Å²) >= 11 is 0. The third-order valence-electron chi connectivity index (χ3n) is 1.14. The second-order valence-electron chi connectivity index (χ2n) is 2.12. The fourth-order valence-electron chi connectivity index (χ4n) is 0.574. The van der Waals surface area contributed by atoms with Gasteiger partial charge in [0.15, 0.2) is 0 Å². The van der Waals surface area contributed by atoms with Gasteiger partial charge in [0.2, 0.25) is 0 Å². The number of hydrogen-bond acceptors (Lipinski definition) is 2. The Bertz CT molecular complexity index is 136. The average molecular weight is 140 g/mol. The molecule has 0 rings (SSSR count). The molecule has 0 aliphatic heterocycles. The fourth-order valence-corrected chi connectivity index (χ4v) is 0.574. The van der Waals surface area contributed by atoms with E-state index in [0.29, 0.717) is 5.92 Å². The van der Waals surface area contributed by atoms with Crippen molar-refractivity contribution in [2.75, 3.05) is 0 Å². The summed E-state index contributed by atoms with van der Waals surface area (Å²) in [5.41, 5.74) is 0. The molecule has 0 aliphatic rings. The molecule has 0 radical (unpaired) electrons. The van der Waals surface area contributed by atoms with Crippen molar-refractivity contribution >= 4 is 6.29 Å². The van der Waals surface area contributed by atoms with Crippen molar-refractivity contribution in [2.24, 2.45) is 5.92 Å². The molecule has 2 nitrogen and oxygen atoms in total. The van der Waals surface area contributed by atoms with Crippen LogP contribution >= 0.6 is 0 Å². The fraction of sp³-hybridized carbons (Fsp3) is 0.375. The van der Waals surface area contributed by atoms with E-state index in [1.807, 2.05) is 6.92 Å². The van der Waals surface area contributed by atoms with Crippen LogP contribution in [0.3, 0.4) is 0 Å². The topological polar surface area (TPSA) is 37.3 Å². The third-order valence-corrected chi connectivity index (χ3v) is 1.14. The lowest BCUT2D eigenvalue weighted by Gasteiger charge is -1.97. The van der Waals surface area contributed by atoms with Crippen LogP contribution in [-0.2, 0) is 4.79 Å². The molecule has 0 aromatic carbocycles. The highest BCUT2D eigenvalue weighted by Gasteiger charge is 1.90. The molecular weight excluding hydrogens is 128 g/mol. The number of aldehydes is 1. The predicted molar refractivity (Wildman–Crippen MR) is 40.8 cm³/mol. The van der Waals surface area contributed by atoms with Gasteiger partial charge in [-0.25, -0.2) is 0 Å². The molecule has 1 N–H and O–H groups in total. The van der Waals surface area contributed by atoms with Gasteiger partial charge in [-0.05, 0) is 24.5 Å². The minimum Gasteiger partial charge on any atom is -0.516 e. The maximum absolute atomic E-state index is 9.79. The van der Waals surface area contributed by atoms with Gasteiger partial charge in [-0.1, -0.05) is 13.0 Å². The van der Waals surface area contributed by atoms with Gasteiger partial charge in [-0.15, -0.1) is 0 Å². The first-order valence-electron chi connectivity index (χ1n) is 3.22. The van der Waals surface area contributed by atoms with Crippen LogP contribution in [0.5, 0.6) is 0 Å². The van der Waals surface area contributed by atoms with Gasteiger partial charge in [0.1, 0.15) is 6.29 Å². The Labute approximate surface area is 60.9 Å². The third kappa shape index (κ3) is 5.09. The summed E-state index contributed by atoms with van der Waals surface area (Å²) < 4.78 is 0. The van der Waals surface area contributed by atoms with Gasteiger partial charge in [-0.2, -0.15) is 0 Å². The molecule has 0 amide bonds. The number of aliphatic hydroxyl groups is 1. The maximum atomic E-state index is 9.79. The van der Waals surface area contributed by atoms with Crippen molar-refractivity contribution in [3.05, 3.63) is 24.5 Å². The molecule has 56 valence electrons. The van der Waals surface area contributed by atoms with E-state index in [9.17, 15) is 4.79 Å². The lowest BCUT2D eigenvalue weighted by Crippen LogP contribution is -1.85. The second kappa shape index (κ2) is 6.08. The van der Waals surface area contributed by atoms with Gasteiger partial charge in [0, 0.05) is 0 Å². The van der Waals surface area contributed by atoms with Gasteiger partial charge in [0.25, 0.3) is 0 Å². The van der Waals surface area contributed by atoms with E-state index in [4.69, 9.17) is 5.11 Å². The average Bonchev–Trinajstić information content (AvgIpc) is 1.89. The molecule has 0 bridgehead atoms. The summed E-state index contributed by atoms with van der Waals surface area (Å²) in [4.78, 5) is 9.79. The molecule has 1 atom stereocenters. The molecule has 0 fully saturated rings. The summed E-state index contributed by atoms with van der Waals surface area (Å²) in [6, 6.07) is 0. The van der Waals surface area contributed by atoms with Gasteiger partial charge in [-0.3, -0.25) is 4.79 Å². The Hall–Kier alpha value is -1.05. The molecule has 0 aromatic rings. The van der Waals surface area contributed by atoms with Crippen LogP contribution in [0.15, 0.2) is 24.5 Å². The number of rotatable bonds is 4. The summed E-state index contributed by atoms with van der Waals surface area (Å²) in [5, 5.41) is 8.32. The van der Waals surface area contributed by atoms with Crippen LogP contribution in [0.1, 0.15) is 13.3 Å². The van der Waals surface area contributed by atoms with Gasteiger partial charge >= 0.3 is 0 Å². The van der Waals surface area contributed by atoms with Crippen molar-refractivity contribution < 1.29 is 9.90 Å². The van der Waals surface area contributed by atoms with E-state index in [1.54, 1.807) is 12.2 Å². The summed E-state index contributed by atoms with van der Waals surface area (Å²) in [7, 11) is 0. The maximum Gasteiger partial charge on any atom is 0.142 e. The number of carbonyl (C=O) groups excluding carboxylic acids is 1. The molecule has 0 spiro atoms. The zero-order valence-corrected chi connectivity index (χ0v) is 6.03. The monoisotopic (exact) mass is 140 g/mol. The Morgan fingerprint density at radius 3 is 2.80 bits per heavy atom. The zero-order valence-electron chi connectivity index (χ0n) is 6.03. The summed E-state index contributed by atoms with van der Waals surface area (Å²) in [6.07, 6.45) is 7.47. The standard InChI is InChI=1S/C8H12O2/c1-8(5-7-10)4-2-3-6-9/h2-3,5-8,10H,4H2,1H3/b3-2-,7-5+. The zero-order chi connectivity index (χ0) is 7.82. The van der Waals surface area contributed by atoms with Crippen LogP contribution in [0.25, 0.3) is 0 Å². The molecule has 0 saturated heterocycles. The predicted octanol–water partition coefficient (Wildman–Crippen LogP) is 1.84. The molecule has 0 aromatic heterocycles. The SMILES string of the molecule is CC(/C=C/O)C/C=C\C=O. The first kappa shape index (κ1) is 8.95. The number of aliphatic hydroxyl groups excluding tert-OH is 1. The van der Waals surface area contributed by atoms with Crippen molar-refractivity contribution in [1.29, 1.82) is 0 Å². The second-order valence-corrected chi connectivity index (χ2v) is 2.12. The van der Waals surface area contributed by atoms with Gasteiger partial charge in [0.05, 0.1) is 6.26 Å². The van der Waals surface area contributed by atoms with Crippen LogP contribution in [-0.4, -0.2) is 11.4 Å². The van der Waals surface area contributed by atoms with Crippen molar-refractivity contribution in [3.63, 3.8) is 0 Å². The van der Waals surface area contributed by atoms with E-state index < -0.39 is 0 Å². The van der Waals surface area contributed by atoms with Crippen LogP contribution in [0.4, 0.5) is 0 Å². The van der Waals surface area contributed by atoms with E-state index in [-0.39, 0.29) is 0 Å². The number of allylic oxidation sites excluding steroid dienone is 3. The Morgan fingerprint density at radius 2 is 2.30 bits per heavy atom. The minimum absolute atomic E-state index is 0.293. The lowest BCUT2D eigenvalue weighted by molar-refractivity contribution is -0.104. The van der Waals surface area contributed by atoms with E-state index in [1.165, 1.54) is 6.08 Å². The highest BCUT2D eigenvalue weighted by atomic mass is 16.2. The molecule has 0 saturated carbocycles. The van der Waals surface area contributed by atoms with E-state index >= 15 is 0 Å². The summed E-state index contributed by atoms with van der Waals surface area (Å²) in [6.45, 7) is 1.96. The van der Waals surface area contributed by atoms with E-state index in [0.717, 1.165) is 19.0 Å². The quantitative estimate of drug-likeness (QED) is 0.367. The first-order valence-corrected chi connectivity index (χ1v) is 3.22. The van der Waals surface area contributed by atoms with Crippen LogP contribution in [0, 0.1) is 5.92 Å². The van der Waals surface area contributed by atoms with Crippen molar-refractivity contribution in [2.45, 2.75) is 13.3 Å². The van der Waals surface area contributed by atoms with Crippen molar-refractivity contribution in [1.82, 2.24) is 0 Å².